The van der Waals surface area contributed by atoms with Gasteiger partial charge in [-0.05, 0) is 38.1 Å². The highest BCUT2D eigenvalue weighted by Gasteiger charge is 2.16. The molecule has 0 bridgehead atoms. The molecule has 0 aliphatic carbocycles. The van der Waals surface area contributed by atoms with Crippen LogP contribution in [0.1, 0.15) is 26.7 Å². The van der Waals surface area contributed by atoms with E-state index in [-0.39, 0.29) is 5.91 Å². The zero-order valence-electron chi connectivity index (χ0n) is 14.3. The fourth-order valence-electron chi connectivity index (χ4n) is 2.22. The van der Waals surface area contributed by atoms with Crippen molar-refractivity contribution in [2.45, 2.75) is 20.4 Å². The first-order chi connectivity index (χ1) is 12.5. The number of anilines is 2. The Morgan fingerprint density at radius 3 is 2.58 bits per heavy atom. The maximum Gasteiger partial charge on any atom is 0.325 e. The SMILES string of the molecule is Cc1ccc(NC(=O)Nc2nc(C)c(C(=O)NCc3ccco3)s2)cc1. The molecule has 26 heavy (non-hydrogen) atoms. The van der Waals surface area contributed by atoms with Crippen LogP contribution in [0.15, 0.2) is 47.1 Å². The van der Waals surface area contributed by atoms with Crippen molar-refractivity contribution in [2.75, 3.05) is 10.6 Å². The van der Waals surface area contributed by atoms with E-state index in [4.69, 9.17) is 4.42 Å². The van der Waals surface area contributed by atoms with Gasteiger partial charge in [-0.2, -0.15) is 0 Å². The lowest BCUT2D eigenvalue weighted by molar-refractivity contribution is 0.0951. The molecule has 134 valence electrons. The van der Waals surface area contributed by atoms with Crippen LogP contribution < -0.4 is 16.0 Å². The summed E-state index contributed by atoms with van der Waals surface area (Å²) < 4.78 is 5.18. The number of aromatic nitrogens is 1. The molecule has 2 aromatic heterocycles. The Morgan fingerprint density at radius 1 is 1.12 bits per heavy atom. The van der Waals surface area contributed by atoms with Crippen molar-refractivity contribution >= 4 is 34.1 Å². The van der Waals surface area contributed by atoms with Crippen molar-refractivity contribution in [1.29, 1.82) is 0 Å². The lowest BCUT2D eigenvalue weighted by Gasteiger charge is -2.05. The van der Waals surface area contributed by atoms with Crippen LogP contribution in [0.3, 0.4) is 0 Å². The molecule has 0 saturated heterocycles. The molecule has 0 saturated carbocycles. The normalized spacial score (nSPS) is 10.4. The topological polar surface area (TPSA) is 96.3 Å². The summed E-state index contributed by atoms with van der Waals surface area (Å²) in [5.74, 6) is 0.403. The number of benzene rings is 1. The minimum atomic E-state index is -0.412. The van der Waals surface area contributed by atoms with Gasteiger partial charge in [0.15, 0.2) is 5.13 Å². The van der Waals surface area contributed by atoms with Gasteiger partial charge in [0, 0.05) is 5.69 Å². The van der Waals surface area contributed by atoms with E-state index < -0.39 is 6.03 Å². The minimum Gasteiger partial charge on any atom is -0.467 e. The molecule has 2 heterocycles. The van der Waals surface area contributed by atoms with E-state index >= 15 is 0 Å². The van der Waals surface area contributed by atoms with E-state index in [1.807, 2.05) is 31.2 Å². The average molecular weight is 370 g/mol. The van der Waals surface area contributed by atoms with Crippen LogP contribution in [-0.2, 0) is 6.54 Å². The highest BCUT2D eigenvalue weighted by atomic mass is 32.1. The molecule has 0 fully saturated rings. The van der Waals surface area contributed by atoms with Gasteiger partial charge in [0.1, 0.15) is 10.6 Å². The number of thiazole rings is 1. The Kier molecular flexibility index (Phi) is 5.33. The summed E-state index contributed by atoms with van der Waals surface area (Å²) in [6.45, 7) is 3.99. The van der Waals surface area contributed by atoms with Crippen molar-refractivity contribution in [1.82, 2.24) is 10.3 Å². The van der Waals surface area contributed by atoms with Crippen molar-refractivity contribution < 1.29 is 14.0 Å². The molecule has 7 nitrogen and oxygen atoms in total. The number of nitrogens with zero attached hydrogens (tertiary/aromatic N) is 1. The molecule has 8 heteroatoms. The molecule has 0 radical (unpaired) electrons. The first-order valence-corrected chi connectivity index (χ1v) is 8.75. The first-order valence-electron chi connectivity index (χ1n) is 7.94. The molecule has 3 rings (SSSR count). The molecule has 1 aromatic carbocycles. The molecule has 3 amide bonds. The minimum absolute atomic E-state index is 0.261. The number of carbonyl (C=O) groups excluding carboxylic acids is 2. The van der Waals surface area contributed by atoms with Crippen molar-refractivity contribution in [3.8, 4) is 0 Å². The van der Waals surface area contributed by atoms with Gasteiger partial charge < -0.3 is 15.1 Å². The van der Waals surface area contributed by atoms with Crippen molar-refractivity contribution in [2.24, 2.45) is 0 Å². The summed E-state index contributed by atoms with van der Waals surface area (Å²) in [6, 6.07) is 10.6. The summed E-state index contributed by atoms with van der Waals surface area (Å²) in [5.41, 5.74) is 2.34. The Labute approximate surface area is 154 Å². The van der Waals surface area contributed by atoms with Crippen LogP contribution >= 0.6 is 11.3 Å². The molecule has 0 atom stereocenters. The van der Waals surface area contributed by atoms with Crippen molar-refractivity contribution in [3.63, 3.8) is 0 Å². The maximum atomic E-state index is 12.3. The second-order valence-electron chi connectivity index (χ2n) is 5.64. The third kappa shape index (κ3) is 4.48. The standard InChI is InChI=1S/C18H18N4O3S/c1-11-5-7-13(8-6-11)21-17(24)22-18-20-12(2)15(26-18)16(23)19-10-14-4-3-9-25-14/h3-9H,10H2,1-2H3,(H,19,23)(H2,20,21,22,24). The molecule has 3 N–H and O–H groups in total. The molecule has 0 spiro atoms. The Morgan fingerprint density at radius 2 is 1.88 bits per heavy atom. The third-order valence-corrected chi connectivity index (χ3v) is 4.61. The zero-order chi connectivity index (χ0) is 18.5. The molecular weight excluding hydrogens is 352 g/mol. The molecule has 3 aromatic rings. The van der Waals surface area contributed by atoms with E-state index in [1.165, 1.54) is 0 Å². The molecule has 0 unspecified atom stereocenters. The van der Waals surface area contributed by atoms with Crippen LogP contribution in [0.25, 0.3) is 0 Å². The summed E-state index contributed by atoms with van der Waals surface area (Å²) >= 11 is 1.12. The number of rotatable bonds is 5. The molecular formula is C18H18N4O3S. The van der Waals surface area contributed by atoms with Gasteiger partial charge in [-0.25, -0.2) is 9.78 Å². The van der Waals surface area contributed by atoms with E-state index in [0.29, 0.717) is 33.7 Å². The van der Waals surface area contributed by atoms with Gasteiger partial charge in [-0.1, -0.05) is 29.0 Å². The van der Waals surface area contributed by atoms with Crippen LogP contribution in [0.4, 0.5) is 15.6 Å². The predicted octanol–water partition coefficient (Wildman–Crippen LogP) is 3.93. The van der Waals surface area contributed by atoms with Gasteiger partial charge in [0.05, 0.1) is 18.5 Å². The number of carbonyl (C=O) groups is 2. The highest BCUT2D eigenvalue weighted by Crippen LogP contribution is 2.23. The Bertz CT molecular complexity index is 901. The van der Waals surface area contributed by atoms with Crippen LogP contribution in [0.2, 0.25) is 0 Å². The van der Waals surface area contributed by atoms with Crippen LogP contribution in [0.5, 0.6) is 0 Å². The second kappa shape index (κ2) is 7.83. The summed E-state index contributed by atoms with van der Waals surface area (Å²) in [6.07, 6.45) is 1.55. The average Bonchev–Trinajstić information content (AvgIpc) is 3.24. The smallest absolute Gasteiger partial charge is 0.325 e. The van der Waals surface area contributed by atoms with E-state index in [0.717, 1.165) is 16.9 Å². The fraction of sp³-hybridized carbons (Fsp3) is 0.167. The summed E-state index contributed by atoms with van der Waals surface area (Å²) in [7, 11) is 0. The lowest BCUT2D eigenvalue weighted by atomic mass is 10.2. The number of aryl methyl sites for hydroxylation is 2. The number of amides is 3. The third-order valence-electron chi connectivity index (χ3n) is 3.54. The first kappa shape index (κ1) is 17.7. The second-order valence-corrected chi connectivity index (χ2v) is 6.64. The fourth-order valence-corrected chi connectivity index (χ4v) is 3.10. The van der Waals surface area contributed by atoms with E-state index in [9.17, 15) is 9.59 Å². The van der Waals surface area contributed by atoms with Crippen LogP contribution in [-0.4, -0.2) is 16.9 Å². The lowest BCUT2D eigenvalue weighted by Crippen LogP contribution is -2.22. The number of urea groups is 1. The van der Waals surface area contributed by atoms with Crippen LogP contribution in [0, 0.1) is 13.8 Å². The Hall–Kier alpha value is -3.13. The molecule has 0 aliphatic heterocycles. The Balaban J connectivity index is 1.59. The largest absolute Gasteiger partial charge is 0.467 e. The summed E-state index contributed by atoms with van der Waals surface area (Å²) in [4.78, 5) is 29.0. The summed E-state index contributed by atoms with van der Waals surface area (Å²) in [5, 5.41) is 8.49. The van der Waals surface area contributed by atoms with Gasteiger partial charge in [-0.3, -0.25) is 10.1 Å². The van der Waals surface area contributed by atoms with Crippen molar-refractivity contribution in [3.05, 3.63) is 64.6 Å². The van der Waals surface area contributed by atoms with E-state index in [1.54, 1.807) is 25.3 Å². The number of nitrogens with one attached hydrogen (secondary N) is 3. The van der Waals surface area contributed by atoms with Gasteiger partial charge in [0.2, 0.25) is 0 Å². The monoisotopic (exact) mass is 370 g/mol. The number of hydrogen-bond acceptors (Lipinski definition) is 5. The zero-order valence-corrected chi connectivity index (χ0v) is 15.1. The van der Waals surface area contributed by atoms with Gasteiger partial charge >= 0.3 is 6.03 Å². The van der Waals surface area contributed by atoms with Gasteiger partial charge in [-0.15, -0.1) is 0 Å². The number of furan rings is 1. The van der Waals surface area contributed by atoms with Gasteiger partial charge in [0.25, 0.3) is 5.91 Å². The van der Waals surface area contributed by atoms with E-state index in [2.05, 4.69) is 20.9 Å². The highest BCUT2D eigenvalue weighted by molar-refractivity contribution is 7.17. The number of hydrogen-bond donors (Lipinski definition) is 3. The quantitative estimate of drug-likeness (QED) is 0.634. The predicted molar refractivity (Wildman–Crippen MR) is 101 cm³/mol. The molecule has 0 aliphatic rings. The maximum absolute atomic E-state index is 12.3.